The second-order valence-electron chi connectivity index (χ2n) is 9.30. The highest BCUT2D eigenvalue weighted by atomic mass is 35.5. The summed E-state index contributed by atoms with van der Waals surface area (Å²) in [6.45, 7) is 4.13. The van der Waals surface area contributed by atoms with Gasteiger partial charge >= 0.3 is 5.97 Å². The Morgan fingerprint density at radius 3 is 2.37 bits per heavy atom. The number of nitrogens with zero attached hydrogens (tertiary/aromatic N) is 2. The van der Waals surface area contributed by atoms with Crippen molar-refractivity contribution in [1.29, 1.82) is 0 Å². The summed E-state index contributed by atoms with van der Waals surface area (Å²) in [6, 6.07) is 21.5. The number of benzene rings is 3. The number of carbonyl (C=O) groups is 3. The van der Waals surface area contributed by atoms with Gasteiger partial charge in [0.15, 0.2) is 0 Å². The number of rotatable bonds is 9. The first-order valence-corrected chi connectivity index (χ1v) is 13.1. The van der Waals surface area contributed by atoms with E-state index in [2.05, 4.69) is 0 Å². The standard InChI is InChI=1S/C30H31ClN2O5/c1-3-28(34)33(23-14-12-22(31)13-15-23)27-19-20(2)32(26-8-5-4-7-25(26)27)30(37)21-10-16-24(17-11-21)38-18-6-9-29(35)36/h4-5,7-8,10-17,20,27H,3,6,9,18-19H2,1-2H3,(H,35,36)/t20-,27+/m1/s1. The van der Waals surface area contributed by atoms with Crippen LogP contribution in [0.1, 0.15) is 61.5 Å². The molecule has 1 aliphatic heterocycles. The van der Waals surface area contributed by atoms with Crippen molar-refractivity contribution in [2.75, 3.05) is 16.4 Å². The maximum absolute atomic E-state index is 13.7. The second kappa shape index (κ2) is 12.1. The van der Waals surface area contributed by atoms with E-state index in [1.165, 1.54) is 0 Å². The number of aliphatic carboxylic acids is 1. The first-order valence-electron chi connectivity index (χ1n) is 12.7. The zero-order valence-electron chi connectivity index (χ0n) is 21.5. The van der Waals surface area contributed by atoms with Gasteiger partial charge in [-0.2, -0.15) is 0 Å². The number of carbonyl (C=O) groups excluding carboxylic acids is 2. The van der Waals surface area contributed by atoms with Crippen LogP contribution < -0.4 is 14.5 Å². The van der Waals surface area contributed by atoms with Gasteiger partial charge in [0.25, 0.3) is 5.91 Å². The number of hydrogen-bond donors (Lipinski definition) is 1. The Labute approximate surface area is 227 Å². The van der Waals surface area contributed by atoms with Crippen LogP contribution in [0.15, 0.2) is 72.8 Å². The van der Waals surface area contributed by atoms with E-state index in [-0.39, 0.29) is 36.9 Å². The van der Waals surface area contributed by atoms with E-state index < -0.39 is 5.97 Å². The SMILES string of the molecule is CCC(=O)N(c1ccc(Cl)cc1)[C@H]1C[C@@H](C)N(C(=O)c2ccc(OCCCC(=O)O)cc2)c2ccccc21. The molecule has 3 aromatic rings. The number of fused-ring (bicyclic) bond motifs is 1. The lowest BCUT2D eigenvalue weighted by Crippen LogP contribution is -2.47. The predicted molar refractivity (Wildman–Crippen MR) is 148 cm³/mol. The quantitative estimate of drug-likeness (QED) is 0.316. The van der Waals surface area contributed by atoms with Crippen molar-refractivity contribution >= 4 is 40.8 Å². The molecule has 0 spiro atoms. The van der Waals surface area contributed by atoms with Gasteiger partial charge in [-0.3, -0.25) is 14.4 Å². The summed E-state index contributed by atoms with van der Waals surface area (Å²) in [7, 11) is 0. The molecule has 7 nitrogen and oxygen atoms in total. The number of carboxylic acids is 1. The fourth-order valence-electron chi connectivity index (χ4n) is 4.85. The summed E-state index contributed by atoms with van der Waals surface area (Å²) in [5.74, 6) is -0.419. The molecule has 0 bridgehead atoms. The molecular weight excluding hydrogens is 504 g/mol. The number of carboxylic acid groups (broad SMARTS) is 1. The van der Waals surface area contributed by atoms with Crippen molar-refractivity contribution in [3.05, 3.63) is 88.9 Å². The number of para-hydroxylation sites is 1. The minimum absolute atomic E-state index is 0.00181. The second-order valence-corrected chi connectivity index (χ2v) is 9.73. The number of amides is 2. The van der Waals surface area contributed by atoms with Crippen molar-refractivity contribution in [2.24, 2.45) is 0 Å². The lowest BCUT2D eigenvalue weighted by atomic mass is 9.89. The van der Waals surface area contributed by atoms with Gasteiger partial charge in [-0.05, 0) is 79.9 Å². The molecule has 0 saturated carbocycles. The van der Waals surface area contributed by atoms with E-state index >= 15 is 0 Å². The van der Waals surface area contributed by atoms with Gasteiger partial charge in [0.2, 0.25) is 5.91 Å². The monoisotopic (exact) mass is 534 g/mol. The van der Waals surface area contributed by atoms with Crippen LogP contribution >= 0.6 is 11.6 Å². The van der Waals surface area contributed by atoms with E-state index in [1.807, 2.05) is 55.1 Å². The zero-order valence-corrected chi connectivity index (χ0v) is 22.2. The molecule has 0 saturated heterocycles. The molecule has 3 aromatic carbocycles. The van der Waals surface area contributed by atoms with Crippen molar-refractivity contribution in [1.82, 2.24) is 0 Å². The van der Waals surface area contributed by atoms with Crippen LogP contribution in [0.5, 0.6) is 5.75 Å². The summed E-state index contributed by atoms with van der Waals surface area (Å²) in [5, 5.41) is 9.36. The molecule has 4 rings (SSSR count). The van der Waals surface area contributed by atoms with Crippen LogP contribution in [0.25, 0.3) is 0 Å². The lowest BCUT2D eigenvalue weighted by molar-refractivity contribution is -0.137. The first kappa shape index (κ1) is 27.2. The third kappa shape index (κ3) is 6.00. The van der Waals surface area contributed by atoms with Crippen LogP contribution in [0.3, 0.4) is 0 Å². The molecule has 0 aromatic heterocycles. The van der Waals surface area contributed by atoms with E-state index in [4.69, 9.17) is 21.4 Å². The largest absolute Gasteiger partial charge is 0.494 e. The van der Waals surface area contributed by atoms with Gasteiger partial charge in [0, 0.05) is 40.8 Å². The van der Waals surface area contributed by atoms with E-state index in [9.17, 15) is 14.4 Å². The average Bonchev–Trinajstić information content (AvgIpc) is 2.92. The Morgan fingerprint density at radius 2 is 1.71 bits per heavy atom. The number of anilines is 2. The third-order valence-electron chi connectivity index (χ3n) is 6.67. The number of ether oxygens (including phenoxy) is 1. The van der Waals surface area contributed by atoms with Crippen LogP contribution in [-0.2, 0) is 9.59 Å². The van der Waals surface area contributed by atoms with Gasteiger partial charge in [-0.1, -0.05) is 36.7 Å². The molecule has 0 aliphatic carbocycles. The molecule has 2 amide bonds. The topological polar surface area (TPSA) is 87.2 Å². The van der Waals surface area contributed by atoms with Crippen LogP contribution in [0.2, 0.25) is 5.02 Å². The van der Waals surface area contributed by atoms with Crippen LogP contribution in [0, 0.1) is 0 Å². The lowest BCUT2D eigenvalue weighted by Gasteiger charge is -2.43. The summed E-state index contributed by atoms with van der Waals surface area (Å²) < 4.78 is 5.60. The molecule has 0 radical (unpaired) electrons. The normalized spacial score (nSPS) is 16.4. The van der Waals surface area contributed by atoms with Crippen molar-refractivity contribution in [3.8, 4) is 5.75 Å². The Morgan fingerprint density at radius 1 is 1.03 bits per heavy atom. The maximum atomic E-state index is 13.7. The Balaban J connectivity index is 1.60. The number of halogens is 1. The Hall–Kier alpha value is -3.84. The summed E-state index contributed by atoms with van der Waals surface area (Å²) >= 11 is 6.11. The molecule has 198 valence electrons. The summed E-state index contributed by atoms with van der Waals surface area (Å²) in [6.07, 6.45) is 1.38. The van der Waals surface area contributed by atoms with E-state index in [0.29, 0.717) is 35.6 Å². The van der Waals surface area contributed by atoms with Gasteiger partial charge in [-0.15, -0.1) is 0 Å². The fourth-order valence-corrected chi connectivity index (χ4v) is 4.98. The summed E-state index contributed by atoms with van der Waals surface area (Å²) in [4.78, 5) is 41.2. The van der Waals surface area contributed by atoms with E-state index in [0.717, 1.165) is 16.9 Å². The van der Waals surface area contributed by atoms with Gasteiger partial charge < -0.3 is 19.6 Å². The Bertz CT molecular complexity index is 1290. The van der Waals surface area contributed by atoms with Crippen molar-refractivity contribution in [3.63, 3.8) is 0 Å². The molecular formula is C30H31ClN2O5. The molecule has 0 unspecified atom stereocenters. The van der Waals surface area contributed by atoms with Crippen LogP contribution in [-0.4, -0.2) is 35.5 Å². The van der Waals surface area contributed by atoms with Crippen molar-refractivity contribution < 1.29 is 24.2 Å². The maximum Gasteiger partial charge on any atom is 0.303 e. The highest BCUT2D eigenvalue weighted by molar-refractivity contribution is 6.30. The molecule has 1 N–H and O–H groups in total. The molecule has 1 heterocycles. The molecule has 2 atom stereocenters. The van der Waals surface area contributed by atoms with Gasteiger partial charge in [0.1, 0.15) is 5.75 Å². The highest BCUT2D eigenvalue weighted by Gasteiger charge is 2.38. The molecule has 0 fully saturated rings. The Kier molecular flexibility index (Phi) is 8.69. The zero-order chi connectivity index (χ0) is 27.2. The summed E-state index contributed by atoms with van der Waals surface area (Å²) in [5.41, 5.74) is 2.97. The first-order chi connectivity index (χ1) is 18.3. The van der Waals surface area contributed by atoms with Crippen LogP contribution in [0.4, 0.5) is 11.4 Å². The minimum atomic E-state index is -0.858. The molecule has 1 aliphatic rings. The van der Waals surface area contributed by atoms with Gasteiger partial charge in [0.05, 0.1) is 12.6 Å². The number of hydrogen-bond acceptors (Lipinski definition) is 4. The van der Waals surface area contributed by atoms with E-state index in [1.54, 1.807) is 41.3 Å². The highest BCUT2D eigenvalue weighted by Crippen LogP contribution is 2.43. The van der Waals surface area contributed by atoms with Crippen molar-refractivity contribution in [2.45, 2.75) is 51.6 Å². The fraction of sp³-hybridized carbons (Fsp3) is 0.300. The predicted octanol–water partition coefficient (Wildman–Crippen LogP) is 6.51. The third-order valence-corrected chi connectivity index (χ3v) is 6.92. The molecule has 38 heavy (non-hydrogen) atoms. The minimum Gasteiger partial charge on any atom is -0.494 e. The van der Waals surface area contributed by atoms with Gasteiger partial charge in [-0.25, -0.2) is 0 Å². The average molecular weight is 535 g/mol. The smallest absolute Gasteiger partial charge is 0.303 e. The molecule has 8 heteroatoms.